The molecule has 0 saturated carbocycles. The monoisotopic (exact) mass is 278 g/mol. The van der Waals surface area contributed by atoms with Gasteiger partial charge >= 0.3 is 5.97 Å². The third-order valence-electron chi connectivity index (χ3n) is 2.76. The lowest BCUT2D eigenvalue weighted by Gasteiger charge is -2.10. The maximum Gasteiger partial charge on any atom is 0.341 e. The first-order chi connectivity index (χ1) is 9.45. The van der Waals surface area contributed by atoms with Crippen LogP contribution in [0.1, 0.15) is 45.6 Å². The number of cyclic esters (lactones) is 1. The Balaban J connectivity index is 0.000000276. The van der Waals surface area contributed by atoms with Crippen molar-refractivity contribution in [3.8, 4) is 11.5 Å². The summed E-state index contributed by atoms with van der Waals surface area (Å²) in [6.45, 7) is 8.58. The Hall–Kier alpha value is -1.97. The number of phenolic OH excluding ortho intramolecular Hbond substituents is 1. The minimum atomic E-state index is -0.199. The van der Waals surface area contributed by atoms with E-state index in [1.165, 1.54) is 6.26 Å². The quantitative estimate of drug-likeness (QED) is 0.852. The van der Waals surface area contributed by atoms with Crippen molar-refractivity contribution >= 4 is 5.97 Å². The number of carbonyl (C=O) groups excluding carboxylic acids is 1. The predicted molar refractivity (Wildman–Crippen MR) is 77.8 cm³/mol. The van der Waals surface area contributed by atoms with Crippen molar-refractivity contribution in [1.82, 2.24) is 0 Å². The number of aromatic hydroxyl groups is 1. The SMILES string of the molecule is CC1=COC1=O.CCCOc1ccc(C(C)C)c(O)c1. The minimum absolute atomic E-state index is 0.199. The van der Waals surface area contributed by atoms with Crippen molar-refractivity contribution in [3.05, 3.63) is 35.6 Å². The average molecular weight is 278 g/mol. The van der Waals surface area contributed by atoms with Crippen LogP contribution < -0.4 is 4.74 Å². The molecule has 1 aliphatic rings. The van der Waals surface area contributed by atoms with E-state index in [2.05, 4.69) is 25.5 Å². The molecule has 0 amide bonds. The zero-order valence-corrected chi connectivity index (χ0v) is 12.5. The first-order valence-electron chi connectivity index (χ1n) is 6.79. The van der Waals surface area contributed by atoms with Gasteiger partial charge in [-0.15, -0.1) is 0 Å². The summed E-state index contributed by atoms with van der Waals surface area (Å²) in [5.74, 6) is 1.22. The Bertz CT molecular complexity index is 489. The standard InChI is InChI=1S/C12H18O2.C4H4O2/c1-4-7-14-10-5-6-11(9(2)3)12(13)8-10;1-3-2-6-4(3)5/h5-6,8-9,13H,4,7H2,1-3H3;2H,1H3. The summed E-state index contributed by atoms with van der Waals surface area (Å²) >= 11 is 0. The molecule has 1 heterocycles. The zero-order valence-electron chi connectivity index (χ0n) is 12.5. The van der Waals surface area contributed by atoms with Gasteiger partial charge in [-0.05, 0) is 30.9 Å². The van der Waals surface area contributed by atoms with Crippen molar-refractivity contribution in [3.63, 3.8) is 0 Å². The molecule has 1 aromatic rings. The molecule has 0 aromatic heterocycles. The van der Waals surface area contributed by atoms with E-state index in [0.29, 0.717) is 23.8 Å². The van der Waals surface area contributed by atoms with Gasteiger partial charge in [-0.1, -0.05) is 26.8 Å². The summed E-state index contributed by atoms with van der Waals surface area (Å²) in [6.07, 6.45) is 2.41. The van der Waals surface area contributed by atoms with Crippen LogP contribution in [0.4, 0.5) is 0 Å². The van der Waals surface area contributed by atoms with Crippen LogP contribution in [0.15, 0.2) is 30.0 Å². The number of carbonyl (C=O) groups is 1. The molecule has 0 aliphatic carbocycles. The number of ether oxygens (including phenoxy) is 2. The van der Waals surface area contributed by atoms with Gasteiger partial charge < -0.3 is 14.6 Å². The van der Waals surface area contributed by atoms with Crippen molar-refractivity contribution in [2.45, 2.75) is 40.0 Å². The first kappa shape index (κ1) is 16.1. The summed E-state index contributed by atoms with van der Waals surface area (Å²) < 4.78 is 9.65. The van der Waals surface area contributed by atoms with E-state index in [4.69, 9.17) is 4.74 Å². The minimum Gasteiger partial charge on any atom is -0.508 e. The highest BCUT2D eigenvalue weighted by molar-refractivity contribution is 5.92. The lowest BCUT2D eigenvalue weighted by Crippen LogP contribution is -2.10. The Morgan fingerprint density at radius 3 is 2.35 bits per heavy atom. The van der Waals surface area contributed by atoms with Gasteiger partial charge in [-0.3, -0.25) is 0 Å². The maximum atomic E-state index is 9.94. The largest absolute Gasteiger partial charge is 0.508 e. The van der Waals surface area contributed by atoms with Crippen LogP contribution >= 0.6 is 0 Å². The van der Waals surface area contributed by atoms with Gasteiger partial charge in [0.15, 0.2) is 0 Å². The molecule has 110 valence electrons. The second kappa shape index (κ2) is 7.58. The predicted octanol–water partition coefficient (Wildman–Crippen LogP) is 3.75. The summed E-state index contributed by atoms with van der Waals surface area (Å²) in [6, 6.07) is 5.51. The molecule has 0 radical (unpaired) electrons. The number of benzene rings is 1. The number of esters is 1. The molecule has 0 bridgehead atoms. The fraction of sp³-hybridized carbons (Fsp3) is 0.438. The number of hydrogen-bond acceptors (Lipinski definition) is 4. The van der Waals surface area contributed by atoms with E-state index in [1.54, 1.807) is 13.0 Å². The maximum absolute atomic E-state index is 9.94. The zero-order chi connectivity index (χ0) is 15.1. The van der Waals surface area contributed by atoms with Crippen LogP contribution in [-0.2, 0) is 9.53 Å². The third kappa shape index (κ3) is 4.61. The molecule has 2 rings (SSSR count). The molecule has 4 nitrogen and oxygen atoms in total. The van der Waals surface area contributed by atoms with Gasteiger partial charge in [0, 0.05) is 6.07 Å². The number of hydrogen-bond donors (Lipinski definition) is 1. The van der Waals surface area contributed by atoms with Crippen molar-refractivity contribution in [2.75, 3.05) is 6.61 Å². The Kier molecular flexibility index (Phi) is 6.10. The third-order valence-corrected chi connectivity index (χ3v) is 2.76. The van der Waals surface area contributed by atoms with E-state index in [9.17, 15) is 9.90 Å². The first-order valence-corrected chi connectivity index (χ1v) is 6.79. The normalized spacial score (nSPS) is 12.8. The van der Waals surface area contributed by atoms with Gasteiger partial charge in [0.1, 0.15) is 17.8 Å². The van der Waals surface area contributed by atoms with E-state index < -0.39 is 0 Å². The van der Waals surface area contributed by atoms with Gasteiger partial charge in [0.05, 0.1) is 12.2 Å². The Labute approximate surface area is 120 Å². The molecule has 0 fully saturated rings. The van der Waals surface area contributed by atoms with Crippen molar-refractivity contribution < 1.29 is 19.4 Å². The number of phenols is 1. The second-order valence-corrected chi connectivity index (χ2v) is 4.93. The average Bonchev–Trinajstić information content (AvgIpc) is 2.43. The fourth-order valence-corrected chi connectivity index (χ4v) is 1.55. The topological polar surface area (TPSA) is 55.8 Å². The van der Waals surface area contributed by atoms with Crippen molar-refractivity contribution in [1.29, 1.82) is 0 Å². The van der Waals surface area contributed by atoms with Crippen LogP contribution in [0.3, 0.4) is 0 Å². The van der Waals surface area contributed by atoms with Crippen LogP contribution in [0.5, 0.6) is 11.5 Å². The Morgan fingerprint density at radius 1 is 1.35 bits per heavy atom. The molecule has 20 heavy (non-hydrogen) atoms. The number of rotatable bonds is 4. The van der Waals surface area contributed by atoms with Crippen molar-refractivity contribution in [2.24, 2.45) is 0 Å². The lowest BCUT2D eigenvalue weighted by molar-refractivity contribution is -0.138. The summed E-state index contributed by atoms with van der Waals surface area (Å²) in [5.41, 5.74) is 1.67. The Morgan fingerprint density at radius 2 is 2.00 bits per heavy atom. The van der Waals surface area contributed by atoms with E-state index in [-0.39, 0.29) is 5.97 Å². The lowest BCUT2D eigenvalue weighted by atomic mass is 10.0. The van der Waals surface area contributed by atoms with Crippen LogP contribution in [-0.4, -0.2) is 17.7 Å². The van der Waals surface area contributed by atoms with E-state index >= 15 is 0 Å². The summed E-state index contributed by atoms with van der Waals surface area (Å²) in [4.78, 5) is 9.94. The molecule has 0 unspecified atom stereocenters. The van der Waals surface area contributed by atoms with Gasteiger partial charge in [0.2, 0.25) is 0 Å². The smallest absolute Gasteiger partial charge is 0.341 e. The van der Waals surface area contributed by atoms with E-state index in [1.807, 2.05) is 12.1 Å². The molecular formula is C16H22O4. The molecule has 4 heteroatoms. The van der Waals surface area contributed by atoms with Crippen LogP contribution in [0.25, 0.3) is 0 Å². The fourth-order valence-electron chi connectivity index (χ4n) is 1.55. The molecule has 0 atom stereocenters. The van der Waals surface area contributed by atoms with E-state index in [0.717, 1.165) is 17.7 Å². The molecule has 0 saturated heterocycles. The molecule has 1 aromatic carbocycles. The van der Waals surface area contributed by atoms with Gasteiger partial charge in [-0.2, -0.15) is 0 Å². The molecule has 0 spiro atoms. The highest BCUT2D eigenvalue weighted by Crippen LogP contribution is 2.29. The highest BCUT2D eigenvalue weighted by Gasteiger charge is 2.12. The summed E-state index contributed by atoms with van der Waals surface area (Å²) in [5, 5.41) is 9.68. The summed E-state index contributed by atoms with van der Waals surface area (Å²) in [7, 11) is 0. The highest BCUT2D eigenvalue weighted by atomic mass is 16.5. The second-order valence-electron chi connectivity index (χ2n) is 4.93. The molecule has 1 aliphatic heterocycles. The van der Waals surface area contributed by atoms with Crippen LogP contribution in [0, 0.1) is 0 Å². The van der Waals surface area contributed by atoms with Gasteiger partial charge in [-0.25, -0.2) is 4.79 Å². The van der Waals surface area contributed by atoms with Crippen LogP contribution in [0.2, 0.25) is 0 Å². The molecular weight excluding hydrogens is 256 g/mol. The molecule has 1 N–H and O–H groups in total. The van der Waals surface area contributed by atoms with Gasteiger partial charge in [0.25, 0.3) is 0 Å².